The van der Waals surface area contributed by atoms with Crippen LogP contribution in [-0.4, -0.2) is 66.1 Å². The summed E-state index contributed by atoms with van der Waals surface area (Å²) in [6.07, 6.45) is 5.87. The number of carboxylic acids is 1. The van der Waals surface area contributed by atoms with E-state index >= 15 is 0 Å². The molecule has 1 unspecified atom stereocenters. The number of ether oxygens (including phenoxy) is 3. The molecule has 3 saturated heterocycles. The molecule has 4 heterocycles. The van der Waals surface area contributed by atoms with Gasteiger partial charge in [-0.25, -0.2) is 14.0 Å². The lowest BCUT2D eigenvalue weighted by molar-refractivity contribution is -0.904. The van der Waals surface area contributed by atoms with Gasteiger partial charge in [0, 0.05) is 28.4 Å². The third-order valence-electron chi connectivity index (χ3n) is 10.5. The Bertz CT molecular complexity index is 2020. The molecule has 1 aliphatic carbocycles. The molecule has 8 rings (SSSR count). The van der Waals surface area contributed by atoms with Gasteiger partial charge in [0.1, 0.15) is 22.0 Å². The number of hydrogen-bond donors (Lipinski definition) is 3. The molecule has 4 aromatic rings. The molecule has 4 aliphatic rings. The Morgan fingerprint density at radius 2 is 1.62 bits per heavy atom. The van der Waals surface area contributed by atoms with Gasteiger partial charge in [0.15, 0.2) is 17.5 Å². The number of rotatable bonds is 15. The summed E-state index contributed by atoms with van der Waals surface area (Å²) in [5.74, 6) is -2.80. The molecule has 290 valence electrons. The highest BCUT2D eigenvalue weighted by Gasteiger charge is 2.38. The van der Waals surface area contributed by atoms with E-state index in [0.29, 0.717) is 33.7 Å². The Kier molecular flexibility index (Phi) is 11.6. The summed E-state index contributed by atoms with van der Waals surface area (Å²) in [5.41, 5.74) is 1.75. The van der Waals surface area contributed by atoms with Crippen molar-refractivity contribution in [2.45, 2.75) is 56.8 Å². The maximum atomic E-state index is 14.1. The summed E-state index contributed by atoms with van der Waals surface area (Å²) in [4.78, 5) is 29.1. The topological polar surface area (TPSA) is 121 Å². The summed E-state index contributed by atoms with van der Waals surface area (Å²) in [6, 6.07) is 13.2. The van der Waals surface area contributed by atoms with Gasteiger partial charge in [0.2, 0.25) is 12.4 Å². The first-order valence-corrected chi connectivity index (χ1v) is 18.8. The highest BCUT2D eigenvalue weighted by Crippen LogP contribution is 2.41. The summed E-state index contributed by atoms with van der Waals surface area (Å²) in [5, 5.41) is 23.9. The average molecular weight is 802 g/mol. The maximum Gasteiger partial charge on any atom is 0.387 e. The molecule has 2 bridgehead atoms. The minimum Gasteiger partial charge on any atom is -0.489 e. The number of nitrogens with one attached hydrogen (secondary N) is 1. The number of benzene rings is 3. The van der Waals surface area contributed by atoms with E-state index < -0.39 is 36.3 Å². The summed E-state index contributed by atoms with van der Waals surface area (Å²) >= 11 is 13.2. The highest BCUT2D eigenvalue weighted by molar-refractivity contribution is 6.35. The first-order valence-electron chi connectivity index (χ1n) is 18.0. The maximum absolute atomic E-state index is 14.1. The van der Waals surface area contributed by atoms with Crippen molar-refractivity contribution < 1.29 is 52.0 Å². The monoisotopic (exact) mass is 800 g/mol. The largest absolute Gasteiger partial charge is 0.489 e. The summed E-state index contributed by atoms with van der Waals surface area (Å²) in [7, 11) is 0. The zero-order valence-electron chi connectivity index (χ0n) is 29.5. The number of halogens is 5. The van der Waals surface area contributed by atoms with Crippen LogP contribution in [-0.2, 0) is 16.0 Å². The average Bonchev–Trinajstić information content (AvgIpc) is 3.99. The van der Waals surface area contributed by atoms with Gasteiger partial charge in [-0.3, -0.25) is 10.1 Å². The van der Waals surface area contributed by atoms with Crippen molar-refractivity contribution in [1.29, 1.82) is 0 Å². The van der Waals surface area contributed by atoms with Gasteiger partial charge in [0.05, 0.1) is 12.2 Å². The molecular formula is C40H39Cl2F3N3O7+. The zero-order valence-corrected chi connectivity index (χ0v) is 31.0. The van der Waals surface area contributed by atoms with Crippen molar-refractivity contribution in [1.82, 2.24) is 4.90 Å². The normalized spacial score (nSPS) is 20.1. The molecule has 1 aromatic heterocycles. The number of esters is 1. The number of pyridine rings is 1. The van der Waals surface area contributed by atoms with Gasteiger partial charge in [0.25, 0.3) is 0 Å². The SMILES string of the molecule is O=C(O)c1ccc(NC(C(=O)O[C@H]2CN3CCC2CC3)c2ccc(F)cc2)cc1[C@@H](Cc1c(Cl)c[n+](O)cc1Cl)c1ccc(OC(F)F)c(OCC2CC2)c1. The van der Waals surface area contributed by atoms with Gasteiger partial charge in [-0.2, -0.15) is 8.78 Å². The molecule has 3 aliphatic heterocycles. The van der Waals surface area contributed by atoms with E-state index in [9.17, 15) is 33.1 Å². The molecule has 0 spiro atoms. The lowest BCUT2D eigenvalue weighted by atomic mass is 9.83. The number of hydrogen-bond acceptors (Lipinski definition) is 8. The molecule has 0 radical (unpaired) electrons. The van der Waals surface area contributed by atoms with Crippen LogP contribution in [0.3, 0.4) is 0 Å². The van der Waals surface area contributed by atoms with Crippen LogP contribution in [0.2, 0.25) is 10.0 Å². The van der Waals surface area contributed by atoms with Crippen LogP contribution in [0.5, 0.6) is 11.5 Å². The van der Waals surface area contributed by atoms with Crippen molar-refractivity contribution in [2.75, 3.05) is 31.6 Å². The number of carbonyl (C=O) groups excluding carboxylic acids is 1. The van der Waals surface area contributed by atoms with Crippen molar-refractivity contribution in [3.8, 4) is 11.5 Å². The molecule has 0 amide bonds. The van der Waals surface area contributed by atoms with E-state index in [1.165, 1.54) is 67.0 Å². The van der Waals surface area contributed by atoms with Gasteiger partial charge in [-0.15, -0.1) is 0 Å². The number of carboxylic acid groups (broad SMARTS) is 1. The van der Waals surface area contributed by atoms with Gasteiger partial charge in [-0.05, 0) is 116 Å². The molecule has 15 heteroatoms. The number of carbonyl (C=O) groups is 2. The number of alkyl halides is 2. The van der Waals surface area contributed by atoms with Crippen LogP contribution in [0.1, 0.15) is 70.3 Å². The van der Waals surface area contributed by atoms with E-state index in [2.05, 4.69) is 10.2 Å². The second kappa shape index (κ2) is 16.6. The Morgan fingerprint density at radius 3 is 2.24 bits per heavy atom. The van der Waals surface area contributed by atoms with E-state index in [1.807, 2.05) is 0 Å². The fourth-order valence-corrected chi connectivity index (χ4v) is 7.99. The Hall–Kier alpha value is -4.72. The predicted octanol–water partition coefficient (Wildman–Crippen LogP) is 7.91. The lowest BCUT2D eigenvalue weighted by Crippen LogP contribution is -2.52. The molecule has 3 atom stereocenters. The summed E-state index contributed by atoms with van der Waals surface area (Å²) < 4.78 is 58.5. The van der Waals surface area contributed by atoms with Crippen LogP contribution in [0.4, 0.5) is 18.9 Å². The smallest absolute Gasteiger partial charge is 0.387 e. The van der Waals surface area contributed by atoms with Crippen LogP contribution >= 0.6 is 23.2 Å². The van der Waals surface area contributed by atoms with Crippen LogP contribution in [0.25, 0.3) is 0 Å². The fraction of sp³-hybridized carbons (Fsp3) is 0.375. The minimum atomic E-state index is -3.12. The van der Waals surface area contributed by atoms with Gasteiger partial charge in [-0.1, -0.05) is 41.4 Å². The lowest BCUT2D eigenvalue weighted by Gasteiger charge is -2.44. The van der Waals surface area contributed by atoms with E-state index in [0.717, 1.165) is 38.8 Å². The third-order valence-corrected chi connectivity index (χ3v) is 11.2. The van der Waals surface area contributed by atoms with Gasteiger partial charge >= 0.3 is 18.6 Å². The standard InChI is InChI=1S/C40H38Cl2F3N3O7/c41-32-18-48(52)19-33(42)31(32)17-29(25-5-10-34(55-40(44)45)35(15-25)53-21-22-1-2-22)30-16-27(8-9-28(30)38(49)50)46-37(24-3-6-26(43)7-4-24)39(51)54-36-20-47-13-11-23(36)12-14-47/h3-10,15-16,18-19,22-23,29,36-37,40,46H,1-2,11-14,17,20-21H2,(H-,49,50,52)/p+1/t29-,36-,37?/m0/s1. The molecule has 3 aromatic carbocycles. The summed E-state index contributed by atoms with van der Waals surface area (Å²) in [6.45, 7) is -0.313. The van der Waals surface area contributed by atoms with Crippen molar-refractivity contribution in [2.24, 2.45) is 11.8 Å². The minimum absolute atomic E-state index is 0.0116. The van der Waals surface area contributed by atoms with Gasteiger partial charge < -0.3 is 24.6 Å². The highest BCUT2D eigenvalue weighted by atomic mass is 35.5. The molecule has 1 saturated carbocycles. The van der Waals surface area contributed by atoms with E-state index in [4.69, 9.17) is 37.4 Å². The Balaban J connectivity index is 1.30. The van der Waals surface area contributed by atoms with E-state index in [-0.39, 0.29) is 63.6 Å². The number of anilines is 1. The number of fused-ring (bicyclic) bond motifs is 3. The Labute approximate surface area is 325 Å². The van der Waals surface area contributed by atoms with Crippen molar-refractivity contribution in [3.05, 3.63) is 117 Å². The zero-order chi connectivity index (χ0) is 38.8. The second-order valence-electron chi connectivity index (χ2n) is 14.3. The van der Waals surface area contributed by atoms with E-state index in [1.54, 1.807) is 6.07 Å². The molecule has 3 N–H and O–H groups in total. The number of nitrogens with zero attached hydrogens (tertiary/aromatic N) is 2. The van der Waals surface area contributed by atoms with Crippen molar-refractivity contribution in [3.63, 3.8) is 0 Å². The molecule has 10 nitrogen and oxygen atoms in total. The second-order valence-corrected chi connectivity index (χ2v) is 15.1. The first-order chi connectivity index (χ1) is 26.4. The number of aromatic nitrogens is 1. The molecule has 55 heavy (non-hydrogen) atoms. The number of aromatic carboxylic acids is 1. The van der Waals surface area contributed by atoms with Crippen LogP contribution < -0.4 is 19.5 Å². The molecular weight excluding hydrogens is 762 g/mol. The fourth-order valence-electron chi connectivity index (χ4n) is 7.38. The quantitative estimate of drug-likeness (QED) is 0.0626. The molecule has 4 fully saturated rings. The Morgan fingerprint density at radius 1 is 0.927 bits per heavy atom. The predicted molar refractivity (Wildman–Crippen MR) is 196 cm³/mol. The van der Waals surface area contributed by atoms with Crippen LogP contribution in [0.15, 0.2) is 73.1 Å². The first kappa shape index (κ1) is 38.6. The van der Waals surface area contributed by atoms with Crippen LogP contribution in [0, 0.1) is 17.7 Å². The third kappa shape index (κ3) is 9.22. The number of piperidine rings is 3. The van der Waals surface area contributed by atoms with Crippen molar-refractivity contribution >= 4 is 40.8 Å².